The Hall–Kier alpha value is -1.45. The van der Waals surface area contributed by atoms with Crippen molar-refractivity contribution in [3.63, 3.8) is 0 Å². The zero-order valence-corrected chi connectivity index (χ0v) is 13.1. The molecule has 0 amide bonds. The second kappa shape index (κ2) is 5.74. The van der Waals surface area contributed by atoms with Gasteiger partial charge in [0.05, 0.1) is 17.3 Å². The average molecular weight is 284 g/mol. The lowest BCUT2D eigenvalue weighted by Crippen LogP contribution is -2.60. The van der Waals surface area contributed by atoms with E-state index in [2.05, 4.69) is 50.4 Å². The molecule has 1 aliphatic rings. The molecule has 3 heteroatoms. The summed E-state index contributed by atoms with van der Waals surface area (Å²) in [6, 6.07) is 13.0. The zero-order chi connectivity index (χ0) is 14.9. The van der Waals surface area contributed by atoms with Crippen molar-refractivity contribution < 1.29 is 4.74 Å². The van der Waals surface area contributed by atoms with Crippen molar-refractivity contribution in [3.05, 3.63) is 42.1 Å². The summed E-state index contributed by atoms with van der Waals surface area (Å²) in [5.74, 6) is 0. The molecule has 0 aliphatic heterocycles. The van der Waals surface area contributed by atoms with Crippen LogP contribution in [-0.4, -0.2) is 23.7 Å². The van der Waals surface area contributed by atoms with Crippen molar-refractivity contribution in [1.82, 2.24) is 10.3 Å². The molecule has 1 aromatic heterocycles. The van der Waals surface area contributed by atoms with E-state index in [1.807, 2.05) is 12.1 Å². The molecule has 0 radical (unpaired) electrons. The summed E-state index contributed by atoms with van der Waals surface area (Å²) in [5.41, 5.74) is 2.37. The van der Waals surface area contributed by atoms with E-state index in [1.54, 1.807) is 0 Å². The van der Waals surface area contributed by atoms with Crippen molar-refractivity contribution in [2.75, 3.05) is 6.61 Å². The van der Waals surface area contributed by atoms with E-state index in [-0.39, 0.29) is 5.41 Å². The molecule has 2 atom stereocenters. The highest BCUT2D eigenvalue weighted by Crippen LogP contribution is 2.42. The van der Waals surface area contributed by atoms with Gasteiger partial charge >= 0.3 is 0 Å². The molecule has 1 fully saturated rings. The summed E-state index contributed by atoms with van der Waals surface area (Å²) in [5, 5.41) is 4.83. The van der Waals surface area contributed by atoms with Crippen LogP contribution in [0.1, 0.15) is 32.9 Å². The van der Waals surface area contributed by atoms with E-state index in [0.717, 1.165) is 30.8 Å². The standard InChI is InChI=1S/C18H24N2O/c1-4-21-17-11-16(18(17,2)3)19-12-14-10-9-13-7-5-6-8-15(13)20-14/h5-10,16-17,19H,4,11-12H2,1-3H3. The summed E-state index contributed by atoms with van der Waals surface area (Å²) in [7, 11) is 0. The number of aromatic nitrogens is 1. The van der Waals surface area contributed by atoms with Gasteiger partial charge in [-0.1, -0.05) is 38.1 Å². The quantitative estimate of drug-likeness (QED) is 0.912. The molecule has 3 rings (SSSR count). The molecule has 1 N–H and O–H groups in total. The van der Waals surface area contributed by atoms with Gasteiger partial charge in [-0.05, 0) is 25.5 Å². The SMILES string of the molecule is CCOC1CC(NCc2ccc3ccccc3n2)C1(C)C. The van der Waals surface area contributed by atoms with Crippen LogP contribution in [0.2, 0.25) is 0 Å². The first-order valence-corrected chi connectivity index (χ1v) is 7.81. The second-order valence-corrected chi connectivity index (χ2v) is 6.43. The second-order valence-electron chi connectivity index (χ2n) is 6.43. The molecular weight excluding hydrogens is 260 g/mol. The number of rotatable bonds is 5. The molecule has 21 heavy (non-hydrogen) atoms. The number of hydrogen-bond acceptors (Lipinski definition) is 3. The first kappa shape index (κ1) is 14.5. The maximum absolute atomic E-state index is 5.78. The van der Waals surface area contributed by atoms with Gasteiger partial charge in [-0.15, -0.1) is 0 Å². The summed E-state index contributed by atoms with van der Waals surface area (Å²) in [6.45, 7) is 8.24. The van der Waals surface area contributed by atoms with Crippen LogP contribution in [0, 0.1) is 5.41 Å². The van der Waals surface area contributed by atoms with Gasteiger partial charge in [0, 0.05) is 30.0 Å². The lowest BCUT2D eigenvalue weighted by atomic mass is 9.64. The minimum atomic E-state index is 0.201. The lowest BCUT2D eigenvalue weighted by Gasteiger charge is -2.51. The van der Waals surface area contributed by atoms with Crippen LogP contribution >= 0.6 is 0 Å². The van der Waals surface area contributed by atoms with Crippen LogP contribution < -0.4 is 5.32 Å². The number of hydrogen-bond donors (Lipinski definition) is 1. The topological polar surface area (TPSA) is 34.1 Å². The first-order valence-electron chi connectivity index (χ1n) is 7.81. The number of nitrogens with one attached hydrogen (secondary N) is 1. The van der Waals surface area contributed by atoms with Crippen LogP contribution in [0.25, 0.3) is 10.9 Å². The Morgan fingerprint density at radius 2 is 2.05 bits per heavy atom. The molecule has 3 nitrogen and oxygen atoms in total. The minimum absolute atomic E-state index is 0.201. The van der Waals surface area contributed by atoms with Crippen LogP contribution in [0.3, 0.4) is 0 Å². The Balaban J connectivity index is 1.62. The highest BCUT2D eigenvalue weighted by molar-refractivity contribution is 5.78. The lowest BCUT2D eigenvalue weighted by molar-refractivity contribution is -0.114. The Labute approximate surface area is 126 Å². The predicted molar refractivity (Wildman–Crippen MR) is 86.2 cm³/mol. The third kappa shape index (κ3) is 2.81. The van der Waals surface area contributed by atoms with Crippen LogP contribution in [0.5, 0.6) is 0 Å². The maximum Gasteiger partial charge on any atom is 0.0705 e. The van der Waals surface area contributed by atoms with E-state index in [4.69, 9.17) is 9.72 Å². The van der Waals surface area contributed by atoms with E-state index < -0.39 is 0 Å². The summed E-state index contributed by atoms with van der Waals surface area (Å²) in [4.78, 5) is 4.71. The van der Waals surface area contributed by atoms with Crippen molar-refractivity contribution >= 4 is 10.9 Å². The normalized spacial score (nSPS) is 24.0. The third-order valence-corrected chi connectivity index (χ3v) is 4.73. The predicted octanol–water partition coefficient (Wildman–Crippen LogP) is 3.53. The van der Waals surface area contributed by atoms with Gasteiger partial charge in [0.2, 0.25) is 0 Å². The van der Waals surface area contributed by atoms with Crippen molar-refractivity contribution in [2.45, 2.75) is 45.9 Å². The van der Waals surface area contributed by atoms with Gasteiger partial charge in [0.25, 0.3) is 0 Å². The summed E-state index contributed by atoms with van der Waals surface area (Å²) < 4.78 is 5.78. The zero-order valence-electron chi connectivity index (χ0n) is 13.1. The maximum atomic E-state index is 5.78. The van der Waals surface area contributed by atoms with Crippen molar-refractivity contribution in [2.24, 2.45) is 5.41 Å². The van der Waals surface area contributed by atoms with Crippen LogP contribution in [-0.2, 0) is 11.3 Å². The van der Waals surface area contributed by atoms with E-state index in [9.17, 15) is 0 Å². The molecule has 2 unspecified atom stereocenters. The molecule has 1 aromatic carbocycles. The fourth-order valence-corrected chi connectivity index (χ4v) is 3.15. The summed E-state index contributed by atoms with van der Waals surface area (Å²) in [6.07, 6.45) is 1.47. The minimum Gasteiger partial charge on any atom is -0.378 e. The fourth-order valence-electron chi connectivity index (χ4n) is 3.15. The molecule has 1 heterocycles. The van der Waals surface area contributed by atoms with E-state index in [1.165, 1.54) is 5.39 Å². The molecule has 112 valence electrons. The molecule has 1 aliphatic carbocycles. The molecule has 0 bridgehead atoms. The Kier molecular flexibility index (Phi) is 3.96. The number of pyridine rings is 1. The fraction of sp³-hybridized carbons (Fsp3) is 0.500. The van der Waals surface area contributed by atoms with Gasteiger partial charge in [0.1, 0.15) is 0 Å². The average Bonchev–Trinajstić information content (AvgIpc) is 2.50. The monoisotopic (exact) mass is 284 g/mol. The molecule has 0 saturated heterocycles. The smallest absolute Gasteiger partial charge is 0.0705 e. The third-order valence-electron chi connectivity index (χ3n) is 4.73. The Morgan fingerprint density at radius 1 is 1.24 bits per heavy atom. The largest absolute Gasteiger partial charge is 0.378 e. The van der Waals surface area contributed by atoms with Gasteiger partial charge in [-0.3, -0.25) is 4.98 Å². The van der Waals surface area contributed by atoms with E-state index in [0.29, 0.717) is 12.1 Å². The Bertz CT molecular complexity index is 623. The van der Waals surface area contributed by atoms with E-state index >= 15 is 0 Å². The van der Waals surface area contributed by atoms with Crippen molar-refractivity contribution in [3.8, 4) is 0 Å². The first-order chi connectivity index (χ1) is 10.1. The summed E-state index contributed by atoms with van der Waals surface area (Å²) >= 11 is 0. The molecule has 0 spiro atoms. The molecular formula is C18H24N2O. The van der Waals surface area contributed by atoms with Gasteiger partial charge in [0.15, 0.2) is 0 Å². The molecule has 1 saturated carbocycles. The van der Waals surface area contributed by atoms with Crippen molar-refractivity contribution in [1.29, 1.82) is 0 Å². The highest BCUT2D eigenvalue weighted by Gasteiger charge is 2.48. The number of para-hydroxylation sites is 1. The molecule has 2 aromatic rings. The number of ether oxygens (including phenoxy) is 1. The van der Waals surface area contributed by atoms with Gasteiger partial charge in [-0.25, -0.2) is 0 Å². The van der Waals surface area contributed by atoms with Gasteiger partial charge in [-0.2, -0.15) is 0 Å². The van der Waals surface area contributed by atoms with Crippen LogP contribution in [0.4, 0.5) is 0 Å². The Morgan fingerprint density at radius 3 is 2.81 bits per heavy atom. The number of benzene rings is 1. The number of fused-ring (bicyclic) bond motifs is 1. The number of nitrogens with zero attached hydrogens (tertiary/aromatic N) is 1. The van der Waals surface area contributed by atoms with Crippen LogP contribution in [0.15, 0.2) is 36.4 Å². The highest BCUT2D eigenvalue weighted by atomic mass is 16.5. The van der Waals surface area contributed by atoms with Gasteiger partial charge < -0.3 is 10.1 Å².